The smallest absolute Gasteiger partial charge is 0.0130 e. The van der Waals surface area contributed by atoms with Crippen molar-refractivity contribution in [3.05, 3.63) is 116 Å². The molecular formula is C30H18I2. The minimum absolute atomic E-state index is 1.25. The number of hydrogen-bond acceptors (Lipinski definition) is 0. The Kier molecular flexibility index (Phi) is 5.15. The fraction of sp³-hybridized carbons (Fsp3) is 0. The van der Waals surface area contributed by atoms with Gasteiger partial charge in [-0.05, 0) is 136 Å². The Morgan fingerprint density at radius 3 is 1.16 bits per heavy atom. The van der Waals surface area contributed by atoms with E-state index in [1.807, 2.05) is 0 Å². The highest BCUT2D eigenvalue weighted by Crippen LogP contribution is 2.44. The van der Waals surface area contributed by atoms with Crippen LogP contribution in [-0.4, -0.2) is 0 Å². The summed E-state index contributed by atoms with van der Waals surface area (Å²) in [6.07, 6.45) is 0. The molecule has 6 rings (SSSR count). The molecule has 0 aliphatic heterocycles. The molecule has 0 aliphatic rings. The summed E-state index contributed by atoms with van der Waals surface area (Å²) in [4.78, 5) is 0. The van der Waals surface area contributed by atoms with E-state index in [0.29, 0.717) is 0 Å². The van der Waals surface area contributed by atoms with E-state index >= 15 is 0 Å². The van der Waals surface area contributed by atoms with E-state index in [2.05, 4.69) is 154 Å². The highest BCUT2D eigenvalue weighted by molar-refractivity contribution is 14.1. The van der Waals surface area contributed by atoms with Crippen molar-refractivity contribution in [1.29, 1.82) is 0 Å². The van der Waals surface area contributed by atoms with Gasteiger partial charge in [-0.25, -0.2) is 0 Å². The molecule has 0 nitrogen and oxygen atoms in total. The molecule has 0 amide bonds. The topological polar surface area (TPSA) is 0 Å². The lowest BCUT2D eigenvalue weighted by atomic mass is 9.85. The maximum absolute atomic E-state index is 2.38. The van der Waals surface area contributed by atoms with Gasteiger partial charge < -0.3 is 0 Å². The van der Waals surface area contributed by atoms with Gasteiger partial charge in [0.15, 0.2) is 0 Å². The summed E-state index contributed by atoms with van der Waals surface area (Å²) < 4.78 is 2.50. The predicted molar refractivity (Wildman–Crippen MR) is 155 cm³/mol. The molecule has 0 N–H and O–H groups in total. The summed E-state index contributed by atoms with van der Waals surface area (Å²) in [5.41, 5.74) is 5.14. The van der Waals surface area contributed by atoms with Gasteiger partial charge in [0.1, 0.15) is 0 Å². The number of fused-ring (bicyclic) bond motifs is 3. The Morgan fingerprint density at radius 1 is 0.375 bits per heavy atom. The summed E-state index contributed by atoms with van der Waals surface area (Å²) in [5, 5.41) is 7.75. The molecule has 0 radical (unpaired) electrons. The third kappa shape index (κ3) is 3.41. The van der Waals surface area contributed by atoms with Gasteiger partial charge >= 0.3 is 0 Å². The maximum Gasteiger partial charge on any atom is 0.0130 e. The lowest BCUT2D eigenvalue weighted by molar-refractivity contribution is 1.62. The molecule has 0 fully saturated rings. The van der Waals surface area contributed by atoms with Crippen LogP contribution in [0.4, 0.5) is 0 Å². The molecule has 0 saturated heterocycles. The van der Waals surface area contributed by atoms with Crippen LogP contribution in [-0.2, 0) is 0 Å². The van der Waals surface area contributed by atoms with E-state index < -0.39 is 0 Å². The summed E-state index contributed by atoms with van der Waals surface area (Å²) in [6, 6.07) is 40.1. The predicted octanol–water partition coefficient (Wildman–Crippen LogP) is 9.69. The first kappa shape index (κ1) is 20.2. The zero-order valence-corrected chi connectivity index (χ0v) is 21.5. The van der Waals surface area contributed by atoms with Gasteiger partial charge in [0.25, 0.3) is 0 Å². The molecule has 152 valence electrons. The molecule has 2 heteroatoms. The molecule has 0 heterocycles. The van der Waals surface area contributed by atoms with Crippen molar-refractivity contribution < 1.29 is 0 Å². The van der Waals surface area contributed by atoms with Gasteiger partial charge in [0.05, 0.1) is 0 Å². The second-order valence-corrected chi connectivity index (χ2v) is 10.5. The summed E-state index contributed by atoms with van der Waals surface area (Å²) in [5.74, 6) is 0. The Labute approximate surface area is 214 Å². The SMILES string of the molecule is Ic1ccc(-c2c3ccccc3c(-c3ccc(I)cc3)c3cc4ccccc4cc23)cc1. The first-order valence-electron chi connectivity index (χ1n) is 10.6. The van der Waals surface area contributed by atoms with Crippen molar-refractivity contribution in [3.63, 3.8) is 0 Å². The van der Waals surface area contributed by atoms with Gasteiger partial charge in [-0.15, -0.1) is 0 Å². The molecule has 32 heavy (non-hydrogen) atoms. The Balaban J connectivity index is 1.85. The van der Waals surface area contributed by atoms with Crippen molar-refractivity contribution in [2.24, 2.45) is 0 Å². The second-order valence-electron chi connectivity index (χ2n) is 8.05. The standard InChI is InChI=1S/C30H18I2/c31-23-13-9-19(10-14-23)29-25-7-3-4-8-26(25)30(20-11-15-24(32)16-12-20)28-18-22-6-2-1-5-21(22)17-27(28)29/h1-18H. The highest BCUT2D eigenvalue weighted by atomic mass is 127. The van der Waals surface area contributed by atoms with Gasteiger partial charge in [-0.1, -0.05) is 72.8 Å². The number of benzene rings is 6. The number of halogens is 2. The monoisotopic (exact) mass is 632 g/mol. The van der Waals surface area contributed by atoms with Crippen molar-refractivity contribution >= 4 is 77.5 Å². The van der Waals surface area contributed by atoms with Crippen molar-refractivity contribution in [1.82, 2.24) is 0 Å². The average molecular weight is 632 g/mol. The average Bonchev–Trinajstić information content (AvgIpc) is 2.83. The summed E-state index contributed by atoms with van der Waals surface area (Å²) in [6.45, 7) is 0. The first-order valence-corrected chi connectivity index (χ1v) is 12.7. The molecule has 6 aromatic rings. The van der Waals surface area contributed by atoms with E-state index in [1.54, 1.807) is 0 Å². The van der Waals surface area contributed by atoms with Crippen LogP contribution in [0.5, 0.6) is 0 Å². The summed E-state index contributed by atoms with van der Waals surface area (Å²) in [7, 11) is 0. The van der Waals surface area contributed by atoms with E-state index in [4.69, 9.17) is 0 Å². The molecule has 6 aromatic carbocycles. The Hall–Kier alpha value is -2.44. The van der Waals surface area contributed by atoms with Crippen LogP contribution in [0.15, 0.2) is 109 Å². The minimum Gasteiger partial charge on any atom is -0.0616 e. The van der Waals surface area contributed by atoms with Crippen molar-refractivity contribution in [3.8, 4) is 22.3 Å². The van der Waals surface area contributed by atoms with Crippen LogP contribution < -0.4 is 0 Å². The van der Waals surface area contributed by atoms with Gasteiger partial charge in [0, 0.05) is 7.14 Å². The third-order valence-corrected chi connectivity index (χ3v) is 7.59. The zero-order valence-electron chi connectivity index (χ0n) is 17.1. The fourth-order valence-electron chi connectivity index (χ4n) is 4.72. The van der Waals surface area contributed by atoms with Gasteiger partial charge in [0.2, 0.25) is 0 Å². The minimum atomic E-state index is 1.25. The van der Waals surface area contributed by atoms with Crippen molar-refractivity contribution in [2.75, 3.05) is 0 Å². The quantitative estimate of drug-likeness (QED) is 0.132. The molecule has 0 atom stereocenters. The molecule has 0 unspecified atom stereocenters. The molecular weight excluding hydrogens is 614 g/mol. The largest absolute Gasteiger partial charge is 0.0616 e. The van der Waals surface area contributed by atoms with Crippen LogP contribution in [0.2, 0.25) is 0 Å². The molecule has 0 aliphatic carbocycles. The second kappa shape index (κ2) is 8.16. The van der Waals surface area contributed by atoms with Gasteiger partial charge in [-0.3, -0.25) is 0 Å². The highest BCUT2D eigenvalue weighted by Gasteiger charge is 2.17. The fourth-order valence-corrected chi connectivity index (χ4v) is 5.44. The van der Waals surface area contributed by atoms with Crippen molar-refractivity contribution in [2.45, 2.75) is 0 Å². The maximum atomic E-state index is 2.38. The number of hydrogen-bond donors (Lipinski definition) is 0. The van der Waals surface area contributed by atoms with Crippen LogP contribution >= 0.6 is 45.2 Å². The zero-order chi connectivity index (χ0) is 21.7. The van der Waals surface area contributed by atoms with Crippen LogP contribution in [0.25, 0.3) is 54.6 Å². The number of rotatable bonds is 2. The lowest BCUT2D eigenvalue weighted by Gasteiger charge is -2.18. The van der Waals surface area contributed by atoms with Crippen LogP contribution in [0, 0.1) is 7.14 Å². The third-order valence-electron chi connectivity index (χ3n) is 6.16. The van der Waals surface area contributed by atoms with Crippen LogP contribution in [0.3, 0.4) is 0 Å². The van der Waals surface area contributed by atoms with E-state index in [0.717, 1.165) is 0 Å². The van der Waals surface area contributed by atoms with E-state index in [1.165, 1.54) is 61.7 Å². The molecule has 0 aromatic heterocycles. The van der Waals surface area contributed by atoms with Crippen LogP contribution in [0.1, 0.15) is 0 Å². The summed E-state index contributed by atoms with van der Waals surface area (Å²) >= 11 is 4.76. The van der Waals surface area contributed by atoms with E-state index in [-0.39, 0.29) is 0 Å². The first-order chi connectivity index (χ1) is 15.7. The van der Waals surface area contributed by atoms with E-state index in [9.17, 15) is 0 Å². The van der Waals surface area contributed by atoms with Gasteiger partial charge in [-0.2, -0.15) is 0 Å². The normalized spacial score (nSPS) is 11.4. The lowest BCUT2D eigenvalue weighted by Crippen LogP contribution is -1.91. The molecule has 0 spiro atoms. The molecule has 0 bridgehead atoms. The Bertz CT molecular complexity index is 1490. The Morgan fingerprint density at radius 2 is 0.750 bits per heavy atom. The molecule has 0 saturated carbocycles.